The number of aliphatic hydroxyl groups excluding tert-OH is 1. The van der Waals surface area contributed by atoms with Crippen LogP contribution in [0.3, 0.4) is 0 Å². The molecule has 1 amide bonds. The van der Waals surface area contributed by atoms with Crippen molar-refractivity contribution < 1.29 is 24.5 Å². The number of hydrogen-bond acceptors (Lipinski definition) is 5. The van der Waals surface area contributed by atoms with E-state index in [2.05, 4.69) is 12.0 Å². The van der Waals surface area contributed by atoms with E-state index in [-0.39, 0.29) is 11.3 Å². The molecule has 1 saturated heterocycles. The number of halogens is 1. The number of alkyl halides is 1. The molecule has 0 spiro atoms. The third kappa shape index (κ3) is 6.80. The Morgan fingerprint density at radius 2 is 1.97 bits per heavy atom. The molecule has 1 saturated carbocycles. The fraction of sp³-hybridized carbons (Fsp3) is 0.565. The summed E-state index contributed by atoms with van der Waals surface area (Å²) in [5.41, 5.74) is 1.54. The summed E-state index contributed by atoms with van der Waals surface area (Å²) in [5, 5.41) is 18.8. The Labute approximate surface area is 192 Å². The molecule has 3 unspecified atom stereocenters. The van der Waals surface area contributed by atoms with Crippen LogP contribution in [0.1, 0.15) is 63.0 Å². The highest BCUT2D eigenvalue weighted by molar-refractivity contribution is 8.03. The van der Waals surface area contributed by atoms with Crippen LogP contribution < -0.4 is 4.90 Å². The Kier molecular flexibility index (Phi) is 8.94. The van der Waals surface area contributed by atoms with Gasteiger partial charge < -0.3 is 14.9 Å². The van der Waals surface area contributed by atoms with Crippen molar-refractivity contribution in [2.24, 2.45) is 5.92 Å². The van der Waals surface area contributed by atoms with Crippen LogP contribution in [0.15, 0.2) is 24.3 Å². The van der Waals surface area contributed by atoms with Gasteiger partial charge in [0.2, 0.25) is 0 Å². The van der Waals surface area contributed by atoms with Crippen LogP contribution in [-0.2, 0) is 14.3 Å². The zero-order valence-electron chi connectivity index (χ0n) is 17.3. The summed E-state index contributed by atoms with van der Waals surface area (Å²) in [5.74, 6) is 2.17. The average molecular weight is 466 g/mol. The first-order valence-corrected chi connectivity index (χ1v) is 12.1. The number of carboxylic acid groups (broad SMARTS) is 1. The van der Waals surface area contributed by atoms with Crippen LogP contribution in [0.2, 0.25) is 0 Å². The first-order valence-electron chi connectivity index (χ1n) is 10.7. The van der Waals surface area contributed by atoms with Crippen LogP contribution in [0.5, 0.6) is 0 Å². The molecular formula is C23H28ClNO5S. The fourth-order valence-electron chi connectivity index (χ4n) is 4.11. The number of hydrogen-bond donors (Lipinski definition) is 2. The van der Waals surface area contributed by atoms with E-state index in [4.69, 9.17) is 21.4 Å². The molecule has 168 valence electrons. The molecule has 31 heavy (non-hydrogen) atoms. The van der Waals surface area contributed by atoms with Gasteiger partial charge in [0.25, 0.3) is 5.91 Å². The van der Waals surface area contributed by atoms with Crippen molar-refractivity contribution in [1.29, 1.82) is 0 Å². The molecule has 2 aliphatic rings. The molecule has 0 bridgehead atoms. The van der Waals surface area contributed by atoms with E-state index in [1.54, 1.807) is 4.90 Å². The van der Waals surface area contributed by atoms with Crippen LogP contribution in [-0.4, -0.2) is 38.8 Å². The lowest BCUT2D eigenvalue weighted by atomic mass is 9.85. The number of aliphatic carboxylic acids is 1. The third-order valence-corrected chi connectivity index (χ3v) is 7.37. The van der Waals surface area contributed by atoms with E-state index >= 15 is 0 Å². The molecule has 2 fully saturated rings. The molecular weight excluding hydrogens is 438 g/mol. The largest absolute Gasteiger partial charge is 0.479 e. The van der Waals surface area contributed by atoms with Gasteiger partial charge in [-0.2, -0.15) is 0 Å². The van der Waals surface area contributed by atoms with Gasteiger partial charge in [0, 0.05) is 12.1 Å². The monoisotopic (exact) mass is 465 g/mol. The number of carboxylic acids is 1. The van der Waals surface area contributed by atoms with Gasteiger partial charge in [-0.15, -0.1) is 23.4 Å². The SMILES string of the molecule is O=C(O)COC#CCC1SC(Cl)C(=O)N1c1ccc(C(O)CCC2CCCCC2)cc1. The summed E-state index contributed by atoms with van der Waals surface area (Å²) in [6.45, 7) is -0.490. The highest BCUT2D eigenvalue weighted by Crippen LogP contribution is 2.39. The zero-order chi connectivity index (χ0) is 22.2. The molecule has 0 aromatic heterocycles. The molecule has 6 nitrogen and oxygen atoms in total. The molecule has 1 aromatic carbocycles. The summed E-state index contributed by atoms with van der Waals surface area (Å²) in [6.07, 6.45) is 10.4. The fourth-order valence-corrected chi connectivity index (χ4v) is 5.61. The van der Waals surface area contributed by atoms with Crippen LogP contribution in [0.4, 0.5) is 5.69 Å². The average Bonchev–Trinajstić information content (AvgIpc) is 3.05. The van der Waals surface area contributed by atoms with Crippen molar-refractivity contribution in [3.8, 4) is 12.0 Å². The standard InChI is InChI=1S/C23H28ClNO5S/c24-22-23(29)25(20(31-22)7-4-14-30-15-21(27)28)18-11-9-17(10-12-18)19(26)13-8-16-5-2-1-3-6-16/h9-12,16,19-20,22,26H,1-3,5-8,13,15H2,(H,27,28). The van der Waals surface area contributed by atoms with Crippen molar-refractivity contribution in [3.05, 3.63) is 29.8 Å². The third-order valence-electron chi connectivity index (χ3n) is 5.74. The summed E-state index contributed by atoms with van der Waals surface area (Å²) < 4.78 is 4.02. The maximum atomic E-state index is 12.6. The maximum absolute atomic E-state index is 12.6. The van der Waals surface area contributed by atoms with E-state index in [9.17, 15) is 14.7 Å². The second kappa shape index (κ2) is 11.7. The molecule has 0 radical (unpaired) electrons. The zero-order valence-corrected chi connectivity index (χ0v) is 18.9. The summed E-state index contributed by atoms with van der Waals surface area (Å²) in [6, 6.07) is 7.37. The van der Waals surface area contributed by atoms with E-state index < -0.39 is 23.4 Å². The van der Waals surface area contributed by atoms with Crippen molar-refractivity contribution >= 4 is 40.9 Å². The molecule has 1 aliphatic carbocycles. The topological polar surface area (TPSA) is 87.1 Å². The lowest BCUT2D eigenvalue weighted by Gasteiger charge is -2.24. The normalized spacial score (nSPS) is 22.6. The lowest BCUT2D eigenvalue weighted by Crippen LogP contribution is -2.33. The van der Waals surface area contributed by atoms with Gasteiger partial charge in [-0.25, -0.2) is 4.79 Å². The number of nitrogens with zero attached hydrogens (tertiary/aromatic N) is 1. The Hall–Kier alpha value is -1.88. The van der Waals surface area contributed by atoms with Crippen molar-refractivity contribution in [2.45, 2.75) is 67.6 Å². The van der Waals surface area contributed by atoms with Crippen molar-refractivity contribution in [2.75, 3.05) is 11.5 Å². The minimum atomic E-state index is -1.09. The van der Waals surface area contributed by atoms with E-state index in [0.29, 0.717) is 12.1 Å². The van der Waals surface area contributed by atoms with Crippen LogP contribution >= 0.6 is 23.4 Å². The first kappa shape index (κ1) is 23.8. The van der Waals surface area contributed by atoms with E-state index in [1.165, 1.54) is 43.9 Å². The number of ether oxygens (including phenoxy) is 1. The van der Waals surface area contributed by atoms with Crippen molar-refractivity contribution in [3.63, 3.8) is 0 Å². The molecule has 1 aromatic rings. The number of amides is 1. The molecule has 1 heterocycles. The minimum absolute atomic E-state index is 0.212. The maximum Gasteiger partial charge on any atom is 0.342 e. The lowest BCUT2D eigenvalue weighted by molar-refractivity contribution is -0.140. The van der Waals surface area contributed by atoms with Gasteiger partial charge in [0.15, 0.2) is 11.3 Å². The number of aliphatic hydroxyl groups is 1. The Bertz CT molecular complexity index is 815. The summed E-state index contributed by atoms with van der Waals surface area (Å²) in [7, 11) is 0. The highest BCUT2D eigenvalue weighted by Gasteiger charge is 2.39. The molecule has 8 heteroatoms. The molecule has 3 rings (SSSR count). The van der Waals surface area contributed by atoms with Gasteiger partial charge in [0.05, 0.1) is 11.5 Å². The molecule has 2 N–H and O–H groups in total. The second-order valence-corrected chi connectivity index (χ2v) is 9.95. The molecule has 1 aliphatic heterocycles. The van der Waals surface area contributed by atoms with Gasteiger partial charge in [-0.05, 0) is 36.5 Å². The second-order valence-electron chi connectivity index (χ2n) is 7.97. The van der Waals surface area contributed by atoms with Gasteiger partial charge >= 0.3 is 5.97 Å². The van der Waals surface area contributed by atoms with Crippen LogP contribution in [0.25, 0.3) is 0 Å². The quantitative estimate of drug-likeness (QED) is 0.434. The minimum Gasteiger partial charge on any atom is -0.479 e. The van der Waals surface area contributed by atoms with Gasteiger partial charge in [-0.3, -0.25) is 9.69 Å². The number of anilines is 1. The summed E-state index contributed by atoms with van der Waals surface area (Å²) >= 11 is 7.45. The highest BCUT2D eigenvalue weighted by atomic mass is 35.5. The number of rotatable bonds is 8. The predicted molar refractivity (Wildman–Crippen MR) is 122 cm³/mol. The number of carbonyl (C=O) groups excluding carboxylic acids is 1. The number of thioether (sulfide) groups is 1. The first-order chi connectivity index (χ1) is 15.0. The Morgan fingerprint density at radius 3 is 2.65 bits per heavy atom. The van der Waals surface area contributed by atoms with E-state index in [0.717, 1.165) is 24.3 Å². The van der Waals surface area contributed by atoms with E-state index in [1.807, 2.05) is 24.3 Å². The number of carbonyl (C=O) groups is 2. The Morgan fingerprint density at radius 1 is 1.26 bits per heavy atom. The van der Waals surface area contributed by atoms with Gasteiger partial charge in [0.1, 0.15) is 6.11 Å². The van der Waals surface area contributed by atoms with Crippen LogP contribution in [0, 0.1) is 17.9 Å². The van der Waals surface area contributed by atoms with Crippen molar-refractivity contribution in [1.82, 2.24) is 0 Å². The smallest absolute Gasteiger partial charge is 0.342 e. The number of benzene rings is 1. The Balaban J connectivity index is 1.59. The summed E-state index contributed by atoms with van der Waals surface area (Å²) in [4.78, 5) is 24.6. The molecule has 3 atom stereocenters. The predicted octanol–water partition coefficient (Wildman–Crippen LogP) is 4.50. The van der Waals surface area contributed by atoms with Gasteiger partial charge in [-0.1, -0.05) is 50.2 Å².